The second kappa shape index (κ2) is 8.31. The van der Waals surface area contributed by atoms with E-state index in [1.165, 1.54) is 17.9 Å². The Morgan fingerprint density at radius 3 is 2.57 bits per heavy atom. The van der Waals surface area contributed by atoms with Crippen LogP contribution in [0.2, 0.25) is 0 Å². The number of anilines is 1. The minimum Gasteiger partial charge on any atom is -0.385 e. The fourth-order valence-corrected chi connectivity index (χ4v) is 1.70. The van der Waals surface area contributed by atoms with Crippen LogP contribution in [0.15, 0.2) is 18.2 Å². The molecule has 0 aliphatic carbocycles. The van der Waals surface area contributed by atoms with Crippen molar-refractivity contribution < 1.29 is 23.1 Å². The van der Waals surface area contributed by atoms with Gasteiger partial charge in [-0.1, -0.05) is 0 Å². The van der Waals surface area contributed by atoms with Crippen molar-refractivity contribution in [2.45, 2.75) is 13.3 Å². The number of nitrogens with zero attached hydrogens (tertiary/aromatic N) is 1. The van der Waals surface area contributed by atoms with Crippen LogP contribution in [0.5, 0.6) is 0 Å². The van der Waals surface area contributed by atoms with Crippen LogP contribution >= 0.6 is 0 Å². The molecule has 0 spiro atoms. The molecule has 0 saturated heterocycles. The van der Waals surface area contributed by atoms with Crippen LogP contribution in [-0.2, 0) is 14.3 Å². The number of methoxy groups -OCH3 is 1. The van der Waals surface area contributed by atoms with Gasteiger partial charge in [0.1, 0.15) is 0 Å². The lowest BCUT2D eigenvalue weighted by Gasteiger charge is -2.20. The third-order valence-corrected chi connectivity index (χ3v) is 2.76. The number of amides is 2. The van der Waals surface area contributed by atoms with Crippen molar-refractivity contribution in [2.75, 3.05) is 32.1 Å². The highest BCUT2D eigenvalue weighted by Crippen LogP contribution is 2.13. The molecule has 116 valence electrons. The minimum atomic E-state index is -1.05. The van der Waals surface area contributed by atoms with Crippen LogP contribution < -0.4 is 5.32 Å². The van der Waals surface area contributed by atoms with Gasteiger partial charge in [-0.15, -0.1) is 0 Å². The van der Waals surface area contributed by atoms with Crippen molar-refractivity contribution in [3.05, 3.63) is 29.8 Å². The molecule has 0 atom stereocenters. The van der Waals surface area contributed by atoms with Gasteiger partial charge in [-0.2, -0.15) is 0 Å². The Morgan fingerprint density at radius 2 is 2.00 bits per heavy atom. The third-order valence-electron chi connectivity index (χ3n) is 2.76. The van der Waals surface area contributed by atoms with Crippen molar-refractivity contribution in [3.63, 3.8) is 0 Å². The van der Waals surface area contributed by atoms with Gasteiger partial charge >= 0.3 is 0 Å². The van der Waals surface area contributed by atoms with E-state index in [4.69, 9.17) is 4.74 Å². The molecule has 0 aromatic heterocycles. The SMILES string of the molecule is COCCCN(CC(=O)Nc1ccc(F)c(F)c1)C(C)=O. The molecule has 1 aromatic rings. The van der Waals surface area contributed by atoms with Crippen molar-refractivity contribution in [2.24, 2.45) is 0 Å². The molecule has 0 aliphatic rings. The first kappa shape index (κ1) is 17.0. The van der Waals surface area contributed by atoms with Crippen LogP contribution in [0.1, 0.15) is 13.3 Å². The van der Waals surface area contributed by atoms with Crippen molar-refractivity contribution in [3.8, 4) is 0 Å². The number of carbonyl (C=O) groups is 2. The Morgan fingerprint density at radius 1 is 1.29 bits per heavy atom. The van der Waals surface area contributed by atoms with E-state index < -0.39 is 17.5 Å². The molecular weight excluding hydrogens is 282 g/mol. The van der Waals surface area contributed by atoms with Crippen LogP contribution in [0, 0.1) is 11.6 Å². The van der Waals surface area contributed by atoms with Crippen LogP contribution in [-0.4, -0.2) is 43.5 Å². The minimum absolute atomic E-state index is 0.138. The van der Waals surface area contributed by atoms with E-state index in [1.54, 1.807) is 7.11 Å². The summed E-state index contributed by atoms with van der Waals surface area (Å²) >= 11 is 0. The Bertz CT molecular complexity index is 509. The monoisotopic (exact) mass is 300 g/mol. The summed E-state index contributed by atoms with van der Waals surface area (Å²) < 4.78 is 30.7. The van der Waals surface area contributed by atoms with Crippen molar-refractivity contribution >= 4 is 17.5 Å². The maximum atomic E-state index is 13.0. The number of carbonyl (C=O) groups excluding carboxylic acids is 2. The van der Waals surface area contributed by atoms with Crippen LogP contribution in [0.3, 0.4) is 0 Å². The molecule has 0 heterocycles. The highest BCUT2D eigenvalue weighted by Gasteiger charge is 2.14. The number of halogens is 2. The van der Waals surface area contributed by atoms with Gasteiger partial charge in [0.25, 0.3) is 0 Å². The Hall–Kier alpha value is -2.02. The Kier molecular flexibility index (Phi) is 6.74. The fourth-order valence-electron chi connectivity index (χ4n) is 1.70. The van der Waals surface area contributed by atoms with Gasteiger partial charge in [-0.05, 0) is 18.6 Å². The standard InChI is InChI=1S/C14H18F2N2O3/c1-10(19)18(6-3-7-21-2)9-14(20)17-11-4-5-12(15)13(16)8-11/h4-5,8H,3,6-7,9H2,1-2H3,(H,17,20). The molecule has 0 bridgehead atoms. The molecule has 0 fully saturated rings. The normalized spacial score (nSPS) is 10.3. The molecule has 2 amide bonds. The quantitative estimate of drug-likeness (QED) is 0.781. The summed E-state index contributed by atoms with van der Waals surface area (Å²) in [6.07, 6.45) is 0.606. The lowest BCUT2D eigenvalue weighted by molar-refractivity contribution is -0.132. The summed E-state index contributed by atoms with van der Waals surface area (Å²) in [4.78, 5) is 24.6. The van der Waals surface area contributed by atoms with Gasteiger partial charge < -0.3 is 15.0 Å². The average molecular weight is 300 g/mol. The van der Waals surface area contributed by atoms with Gasteiger partial charge in [-0.25, -0.2) is 8.78 Å². The highest BCUT2D eigenvalue weighted by molar-refractivity contribution is 5.94. The molecule has 1 rings (SSSR count). The lowest BCUT2D eigenvalue weighted by atomic mass is 10.3. The molecule has 1 aromatic carbocycles. The molecule has 1 N–H and O–H groups in total. The zero-order valence-electron chi connectivity index (χ0n) is 12.0. The maximum absolute atomic E-state index is 13.0. The first-order chi connectivity index (χ1) is 9.93. The van der Waals surface area contributed by atoms with Gasteiger partial charge in [0.15, 0.2) is 11.6 Å². The zero-order chi connectivity index (χ0) is 15.8. The molecule has 0 unspecified atom stereocenters. The molecule has 0 radical (unpaired) electrons. The lowest BCUT2D eigenvalue weighted by Crippen LogP contribution is -2.37. The fraction of sp³-hybridized carbons (Fsp3) is 0.429. The molecule has 21 heavy (non-hydrogen) atoms. The molecule has 0 saturated carbocycles. The summed E-state index contributed by atoms with van der Waals surface area (Å²) in [6.45, 7) is 2.07. The summed E-state index contributed by atoms with van der Waals surface area (Å²) in [5.41, 5.74) is 0.138. The van der Waals surface area contributed by atoms with Crippen molar-refractivity contribution in [1.82, 2.24) is 4.90 Å². The van der Waals surface area contributed by atoms with Gasteiger partial charge in [0.2, 0.25) is 11.8 Å². The van der Waals surface area contributed by atoms with E-state index in [-0.39, 0.29) is 18.1 Å². The molecule has 7 heteroatoms. The van der Waals surface area contributed by atoms with E-state index in [9.17, 15) is 18.4 Å². The van der Waals surface area contributed by atoms with E-state index >= 15 is 0 Å². The van der Waals surface area contributed by atoms with Crippen LogP contribution in [0.25, 0.3) is 0 Å². The highest BCUT2D eigenvalue weighted by atomic mass is 19.2. The number of nitrogens with one attached hydrogen (secondary N) is 1. The van der Waals surface area contributed by atoms with Gasteiger partial charge in [0, 0.05) is 38.9 Å². The van der Waals surface area contributed by atoms with E-state index in [0.29, 0.717) is 19.6 Å². The second-order valence-corrected chi connectivity index (χ2v) is 4.46. The predicted molar refractivity (Wildman–Crippen MR) is 73.7 cm³/mol. The first-order valence-corrected chi connectivity index (χ1v) is 6.43. The average Bonchev–Trinajstić information content (AvgIpc) is 2.42. The number of hydrogen-bond donors (Lipinski definition) is 1. The Balaban J connectivity index is 2.56. The Labute approximate surface area is 121 Å². The van der Waals surface area contributed by atoms with Gasteiger partial charge in [0.05, 0.1) is 6.54 Å². The van der Waals surface area contributed by atoms with E-state index in [2.05, 4.69) is 5.32 Å². The predicted octanol–water partition coefficient (Wildman–Crippen LogP) is 1.79. The summed E-state index contributed by atoms with van der Waals surface area (Å²) in [5.74, 6) is -2.76. The second-order valence-electron chi connectivity index (χ2n) is 4.46. The summed E-state index contributed by atoms with van der Waals surface area (Å²) in [7, 11) is 1.55. The van der Waals surface area contributed by atoms with Crippen molar-refractivity contribution in [1.29, 1.82) is 0 Å². The summed E-state index contributed by atoms with van der Waals surface area (Å²) in [6, 6.07) is 3.06. The van der Waals surface area contributed by atoms with E-state index in [1.807, 2.05) is 0 Å². The molecular formula is C14H18F2N2O3. The smallest absolute Gasteiger partial charge is 0.243 e. The third kappa shape index (κ3) is 5.86. The molecule has 5 nitrogen and oxygen atoms in total. The number of benzene rings is 1. The topological polar surface area (TPSA) is 58.6 Å². The maximum Gasteiger partial charge on any atom is 0.243 e. The number of hydrogen-bond acceptors (Lipinski definition) is 3. The van der Waals surface area contributed by atoms with E-state index in [0.717, 1.165) is 12.1 Å². The molecule has 0 aliphatic heterocycles. The van der Waals surface area contributed by atoms with Crippen LogP contribution in [0.4, 0.5) is 14.5 Å². The number of rotatable bonds is 7. The summed E-state index contributed by atoms with van der Waals surface area (Å²) in [5, 5.41) is 2.41. The number of ether oxygens (including phenoxy) is 1. The zero-order valence-corrected chi connectivity index (χ0v) is 12.0. The van der Waals surface area contributed by atoms with Gasteiger partial charge in [-0.3, -0.25) is 9.59 Å². The largest absolute Gasteiger partial charge is 0.385 e. The first-order valence-electron chi connectivity index (χ1n) is 6.43.